The highest BCUT2D eigenvalue weighted by molar-refractivity contribution is 6.07. The molecule has 0 atom stereocenters. The zero-order valence-electron chi connectivity index (χ0n) is 31.8. The van der Waals surface area contributed by atoms with Gasteiger partial charge in [0.2, 0.25) is 17.7 Å². The molecule has 0 saturated carbocycles. The molecular formula is C41H45N11O4. The predicted octanol–water partition coefficient (Wildman–Crippen LogP) is 7.29. The number of aromatic nitrogens is 5. The van der Waals surface area contributed by atoms with E-state index in [0.717, 1.165) is 54.9 Å². The molecule has 4 heterocycles. The van der Waals surface area contributed by atoms with Crippen LogP contribution in [0.2, 0.25) is 0 Å². The SMILES string of the molecule is Cc1cc(Nc2nccc(Oc3ccc(NC(=O)Nc4cc(C(C)(C)C)nn4-c4ccc(OCCN5CCOCC5)nc4)c4ccccc34)n2)cc(C=N)c1N. The number of carbonyl (C=O) groups is 1. The third kappa shape index (κ3) is 8.86. The van der Waals surface area contributed by atoms with Gasteiger partial charge in [0.25, 0.3) is 0 Å². The van der Waals surface area contributed by atoms with Gasteiger partial charge >= 0.3 is 6.03 Å². The Morgan fingerprint density at radius 3 is 2.54 bits per heavy atom. The zero-order chi connectivity index (χ0) is 39.2. The molecule has 6 aromatic rings. The first-order valence-electron chi connectivity index (χ1n) is 18.3. The number of benzene rings is 3. The van der Waals surface area contributed by atoms with Crippen LogP contribution in [0.4, 0.5) is 33.6 Å². The molecule has 1 aliphatic rings. The molecule has 15 nitrogen and oxygen atoms in total. The molecule has 1 fully saturated rings. The molecule has 2 amide bonds. The van der Waals surface area contributed by atoms with Gasteiger partial charge in [0.1, 0.15) is 18.2 Å². The number of carbonyl (C=O) groups excluding carboxylic acids is 1. The number of amides is 2. The Morgan fingerprint density at radius 2 is 1.79 bits per heavy atom. The lowest BCUT2D eigenvalue weighted by molar-refractivity contribution is 0.0320. The van der Waals surface area contributed by atoms with Gasteiger partial charge in [0.05, 0.1) is 36.5 Å². The van der Waals surface area contributed by atoms with Crippen LogP contribution in [-0.2, 0) is 10.2 Å². The Kier molecular flexibility index (Phi) is 11.1. The van der Waals surface area contributed by atoms with Gasteiger partial charge in [0.15, 0.2) is 0 Å². The van der Waals surface area contributed by atoms with E-state index in [-0.39, 0.29) is 5.41 Å². The predicted molar refractivity (Wildman–Crippen MR) is 218 cm³/mol. The van der Waals surface area contributed by atoms with Crippen LogP contribution in [0, 0.1) is 12.3 Å². The zero-order valence-corrected chi connectivity index (χ0v) is 31.8. The van der Waals surface area contributed by atoms with E-state index >= 15 is 0 Å². The number of urea groups is 1. The van der Waals surface area contributed by atoms with E-state index < -0.39 is 6.03 Å². The average molecular weight is 756 g/mol. The number of pyridine rings is 1. The molecule has 15 heteroatoms. The molecule has 3 aromatic heterocycles. The van der Waals surface area contributed by atoms with Crippen molar-refractivity contribution < 1.29 is 19.0 Å². The summed E-state index contributed by atoms with van der Waals surface area (Å²) in [6.07, 6.45) is 4.49. The average Bonchev–Trinajstić information content (AvgIpc) is 3.62. The monoisotopic (exact) mass is 755 g/mol. The summed E-state index contributed by atoms with van der Waals surface area (Å²) >= 11 is 0. The number of nitrogens with zero attached hydrogens (tertiary/aromatic N) is 6. The molecule has 0 radical (unpaired) electrons. The quantitative estimate of drug-likeness (QED) is 0.0623. The Morgan fingerprint density at radius 1 is 0.982 bits per heavy atom. The van der Waals surface area contributed by atoms with E-state index in [0.29, 0.717) is 64.2 Å². The molecule has 0 unspecified atom stereocenters. The van der Waals surface area contributed by atoms with E-state index in [4.69, 9.17) is 30.5 Å². The number of morpholine rings is 1. The van der Waals surface area contributed by atoms with Crippen molar-refractivity contribution in [3.8, 4) is 23.2 Å². The largest absolute Gasteiger partial charge is 0.476 e. The normalized spacial score (nSPS) is 13.3. The maximum absolute atomic E-state index is 13.6. The van der Waals surface area contributed by atoms with Crippen molar-refractivity contribution in [1.29, 1.82) is 5.41 Å². The summed E-state index contributed by atoms with van der Waals surface area (Å²) in [4.78, 5) is 29.3. The number of nitrogen functional groups attached to an aromatic ring is 1. The summed E-state index contributed by atoms with van der Waals surface area (Å²) in [5, 5.41) is 23.2. The maximum atomic E-state index is 13.6. The van der Waals surface area contributed by atoms with Crippen molar-refractivity contribution in [3.63, 3.8) is 0 Å². The Labute approximate surface area is 324 Å². The van der Waals surface area contributed by atoms with Gasteiger partial charge in [-0.2, -0.15) is 10.1 Å². The molecule has 0 bridgehead atoms. The van der Waals surface area contributed by atoms with Gasteiger partial charge in [-0.15, -0.1) is 0 Å². The molecule has 6 N–H and O–H groups in total. The van der Waals surface area contributed by atoms with Crippen LogP contribution in [0.5, 0.6) is 17.5 Å². The number of aryl methyl sites for hydroxylation is 1. The second kappa shape index (κ2) is 16.4. The molecule has 1 aliphatic heterocycles. The fourth-order valence-electron chi connectivity index (χ4n) is 6.18. The lowest BCUT2D eigenvalue weighted by Gasteiger charge is -2.26. The number of hydrogen-bond donors (Lipinski definition) is 5. The lowest BCUT2D eigenvalue weighted by atomic mass is 9.92. The number of anilines is 5. The topological polar surface area (TPSA) is 190 Å². The summed E-state index contributed by atoms with van der Waals surface area (Å²) < 4.78 is 19.3. The van der Waals surface area contributed by atoms with E-state index in [9.17, 15) is 4.79 Å². The van der Waals surface area contributed by atoms with Crippen molar-refractivity contribution in [2.24, 2.45) is 0 Å². The van der Waals surface area contributed by atoms with Crippen LogP contribution in [0.15, 0.2) is 85.2 Å². The van der Waals surface area contributed by atoms with E-state index in [2.05, 4.69) is 56.6 Å². The van der Waals surface area contributed by atoms with Crippen molar-refractivity contribution in [2.75, 3.05) is 61.1 Å². The molecule has 288 valence electrons. The number of rotatable bonds is 12. The van der Waals surface area contributed by atoms with E-state index in [1.807, 2.05) is 49.4 Å². The minimum Gasteiger partial charge on any atom is -0.476 e. The van der Waals surface area contributed by atoms with Crippen LogP contribution in [0.3, 0.4) is 0 Å². The Hall–Kier alpha value is -6.58. The highest BCUT2D eigenvalue weighted by Crippen LogP contribution is 2.35. The summed E-state index contributed by atoms with van der Waals surface area (Å²) in [7, 11) is 0. The molecule has 0 spiro atoms. The number of hydrogen-bond acceptors (Lipinski definition) is 12. The molecule has 7 rings (SSSR count). The van der Waals surface area contributed by atoms with Gasteiger partial charge in [-0.25, -0.2) is 19.4 Å². The van der Waals surface area contributed by atoms with Crippen LogP contribution in [0.25, 0.3) is 16.5 Å². The number of nitrogens with two attached hydrogens (primary N) is 1. The molecule has 3 aromatic carbocycles. The maximum Gasteiger partial charge on any atom is 0.324 e. The summed E-state index contributed by atoms with van der Waals surface area (Å²) in [6.45, 7) is 12.7. The first-order chi connectivity index (χ1) is 27.0. The third-order valence-corrected chi connectivity index (χ3v) is 9.25. The summed E-state index contributed by atoms with van der Waals surface area (Å²) in [6, 6.07) is 21.6. The number of ether oxygens (including phenoxy) is 3. The van der Waals surface area contributed by atoms with Gasteiger partial charge in [-0.1, -0.05) is 45.0 Å². The second-order valence-corrected chi connectivity index (χ2v) is 14.4. The highest BCUT2D eigenvalue weighted by atomic mass is 16.5. The van der Waals surface area contributed by atoms with Crippen molar-refractivity contribution in [1.82, 2.24) is 29.6 Å². The van der Waals surface area contributed by atoms with Gasteiger partial charge in [-0.3, -0.25) is 10.2 Å². The van der Waals surface area contributed by atoms with Crippen LogP contribution >= 0.6 is 0 Å². The van der Waals surface area contributed by atoms with Crippen molar-refractivity contribution in [3.05, 3.63) is 102 Å². The van der Waals surface area contributed by atoms with Crippen LogP contribution in [-0.4, -0.2) is 81.3 Å². The summed E-state index contributed by atoms with van der Waals surface area (Å²) in [5.41, 5.74) is 10.5. The minimum absolute atomic E-state index is 0.278. The van der Waals surface area contributed by atoms with E-state index in [1.54, 1.807) is 47.4 Å². The summed E-state index contributed by atoms with van der Waals surface area (Å²) in [5.74, 6) is 2.17. The van der Waals surface area contributed by atoms with Gasteiger partial charge < -0.3 is 36.0 Å². The fourth-order valence-corrected chi connectivity index (χ4v) is 6.18. The number of nitrogens with one attached hydrogen (secondary N) is 4. The first kappa shape index (κ1) is 37.7. The molecule has 1 saturated heterocycles. The number of fused-ring (bicyclic) bond motifs is 1. The molecule has 56 heavy (non-hydrogen) atoms. The van der Waals surface area contributed by atoms with Crippen LogP contribution < -0.4 is 31.2 Å². The smallest absolute Gasteiger partial charge is 0.324 e. The third-order valence-electron chi connectivity index (χ3n) is 9.25. The Bertz CT molecular complexity index is 2350. The fraction of sp³-hybridized carbons (Fsp3) is 0.268. The van der Waals surface area contributed by atoms with Crippen LogP contribution in [0.1, 0.15) is 37.6 Å². The second-order valence-electron chi connectivity index (χ2n) is 14.4. The minimum atomic E-state index is -0.447. The lowest BCUT2D eigenvalue weighted by Crippen LogP contribution is -2.38. The van der Waals surface area contributed by atoms with Crippen molar-refractivity contribution >= 4 is 51.8 Å². The molecule has 0 aliphatic carbocycles. The molecular weight excluding hydrogens is 711 g/mol. The van der Waals surface area contributed by atoms with E-state index in [1.165, 1.54) is 6.21 Å². The van der Waals surface area contributed by atoms with Gasteiger partial charge in [0, 0.05) is 83.4 Å². The standard InChI is InChI=1S/C41H45N11O4/c1-26-21-28(22-27(24-42)38(26)43)46-39-44-14-13-37(49-39)56-33-11-10-32(30-7-5-6-8-31(30)33)47-40(53)48-35-23-34(41(2,3)4)50-52(35)29-9-12-36(45-25-29)55-20-17-51-15-18-54-19-16-51/h5-14,21-25,42H,15-20,43H2,1-4H3,(H,44,46,49)(H2,47,48,53). The Balaban J connectivity index is 1.05. The van der Waals surface area contributed by atoms with Gasteiger partial charge in [-0.05, 0) is 42.8 Å². The highest BCUT2D eigenvalue weighted by Gasteiger charge is 2.22. The first-order valence-corrected chi connectivity index (χ1v) is 18.3. The van der Waals surface area contributed by atoms with Crippen molar-refractivity contribution in [2.45, 2.75) is 33.1 Å².